The van der Waals surface area contributed by atoms with E-state index in [0.717, 1.165) is 6.07 Å². The predicted molar refractivity (Wildman–Crippen MR) is 120 cm³/mol. The van der Waals surface area contributed by atoms with Gasteiger partial charge in [-0.15, -0.1) is 6.58 Å². The molecular weight excluding hydrogens is 384 g/mol. The average Bonchev–Trinajstić information content (AvgIpc) is 3.14. The topological polar surface area (TPSA) is 61.8 Å². The van der Waals surface area contributed by atoms with Gasteiger partial charge in [0, 0.05) is 24.2 Å². The standard InChI is InChI=1S/C19H15F2N3O.C3H6.C2H6/c1-2-3-4-5-17(25)13-8-16-19(22-11-13)24-18(23-16)9-12-6-7-14(20)10-15(12)21;1-3-2;1-2/h2-8,10-11,25H,1,9H2,(H,22,23,24);3H,1H2,2H3;1-2H3/b4-3+,17-5-;;. The Morgan fingerprint density at radius 3 is 2.50 bits per heavy atom. The molecule has 0 aliphatic carbocycles. The smallest absolute Gasteiger partial charge is 0.177 e. The number of nitrogens with zero attached hydrogens (tertiary/aromatic N) is 2. The van der Waals surface area contributed by atoms with Gasteiger partial charge in [-0.25, -0.2) is 18.7 Å². The Balaban J connectivity index is 0.000000826. The molecule has 0 saturated heterocycles. The third kappa shape index (κ3) is 7.13. The van der Waals surface area contributed by atoms with E-state index in [4.69, 9.17) is 0 Å². The molecule has 0 unspecified atom stereocenters. The first-order valence-corrected chi connectivity index (χ1v) is 9.52. The van der Waals surface area contributed by atoms with Crippen molar-refractivity contribution in [3.8, 4) is 0 Å². The van der Waals surface area contributed by atoms with Gasteiger partial charge in [0.1, 0.15) is 23.2 Å². The molecule has 0 spiro atoms. The molecule has 0 amide bonds. The van der Waals surface area contributed by atoms with E-state index in [2.05, 4.69) is 28.1 Å². The lowest BCUT2D eigenvalue weighted by atomic mass is 10.1. The average molecular weight is 411 g/mol. The number of H-pyrrole nitrogens is 1. The molecule has 0 radical (unpaired) electrons. The van der Waals surface area contributed by atoms with Crippen LogP contribution in [0.25, 0.3) is 16.9 Å². The quantitative estimate of drug-likeness (QED) is 0.279. The van der Waals surface area contributed by atoms with Gasteiger partial charge in [-0.1, -0.05) is 50.8 Å². The lowest BCUT2D eigenvalue weighted by Gasteiger charge is -2.00. The normalized spacial score (nSPS) is 10.8. The van der Waals surface area contributed by atoms with Gasteiger partial charge in [0.2, 0.25) is 0 Å². The van der Waals surface area contributed by atoms with Crippen molar-refractivity contribution in [2.75, 3.05) is 0 Å². The van der Waals surface area contributed by atoms with Crippen LogP contribution >= 0.6 is 0 Å². The van der Waals surface area contributed by atoms with E-state index in [1.54, 1.807) is 30.4 Å². The van der Waals surface area contributed by atoms with E-state index in [1.807, 2.05) is 20.8 Å². The number of aromatic amines is 1. The zero-order valence-corrected chi connectivity index (χ0v) is 17.5. The molecule has 0 bridgehead atoms. The Labute approximate surface area is 176 Å². The maximum atomic E-state index is 13.8. The van der Waals surface area contributed by atoms with E-state index >= 15 is 0 Å². The summed E-state index contributed by atoms with van der Waals surface area (Å²) in [6.45, 7) is 12.8. The second-order valence-electron chi connectivity index (χ2n) is 5.77. The van der Waals surface area contributed by atoms with E-state index in [0.29, 0.717) is 28.1 Å². The molecule has 3 rings (SSSR count). The number of fused-ring (bicyclic) bond motifs is 1. The molecule has 30 heavy (non-hydrogen) atoms. The number of rotatable bonds is 5. The van der Waals surface area contributed by atoms with Crippen LogP contribution in [0.5, 0.6) is 0 Å². The van der Waals surface area contributed by atoms with Crippen LogP contribution in [0.3, 0.4) is 0 Å². The van der Waals surface area contributed by atoms with Gasteiger partial charge in [0.15, 0.2) is 5.65 Å². The van der Waals surface area contributed by atoms with Gasteiger partial charge in [0.25, 0.3) is 0 Å². The number of nitrogens with one attached hydrogen (secondary N) is 1. The van der Waals surface area contributed by atoms with Crippen LogP contribution < -0.4 is 0 Å². The monoisotopic (exact) mass is 411 g/mol. The molecule has 0 aliphatic rings. The van der Waals surface area contributed by atoms with Crippen LogP contribution in [0.4, 0.5) is 8.78 Å². The maximum Gasteiger partial charge on any atom is 0.177 e. The van der Waals surface area contributed by atoms with Gasteiger partial charge in [0.05, 0.1) is 5.52 Å². The number of allylic oxidation sites excluding steroid dienone is 5. The first-order valence-electron chi connectivity index (χ1n) is 9.52. The van der Waals surface area contributed by atoms with E-state index in [-0.39, 0.29) is 12.2 Å². The van der Waals surface area contributed by atoms with Gasteiger partial charge in [-0.3, -0.25) is 0 Å². The number of aliphatic hydroxyl groups excluding tert-OH is 1. The molecule has 0 atom stereocenters. The Hall–Kier alpha value is -3.54. The minimum atomic E-state index is -0.622. The van der Waals surface area contributed by atoms with E-state index in [9.17, 15) is 13.9 Å². The molecule has 6 heteroatoms. The second kappa shape index (κ2) is 12.8. The fourth-order valence-electron chi connectivity index (χ4n) is 2.34. The number of pyridine rings is 1. The van der Waals surface area contributed by atoms with Crippen molar-refractivity contribution in [2.45, 2.75) is 27.2 Å². The number of hydrogen-bond donors (Lipinski definition) is 2. The fraction of sp³-hybridized carbons (Fsp3) is 0.167. The van der Waals surface area contributed by atoms with Crippen molar-refractivity contribution in [2.24, 2.45) is 0 Å². The lowest BCUT2D eigenvalue weighted by Crippen LogP contribution is -1.95. The Morgan fingerprint density at radius 2 is 1.87 bits per heavy atom. The molecule has 0 aliphatic heterocycles. The fourth-order valence-corrected chi connectivity index (χ4v) is 2.34. The Kier molecular flexibility index (Phi) is 10.5. The number of aliphatic hydroxyl groups is 1. The summed E-state index contributed by atoms with van der Waals surface area (Å²) < 4.78 is 26.7. The van der Waals surface area contributed by atoms with Crippen LogP contribution in [0, 0.1) is 11.6 Å². The highest BCUT2D eigenvalue weighted by atomic mass is 19.1. The molecular formula is C24H27F2N3O. The third-order valence-electron chi connectivity index (χ3n) is 3.56. The van der Waals surface area contributed by atoms with Crippen molar-refractivity contribution < 1.29 is 13.9 Å². The molecule has 2 N–H and O–H groups in total. The van der Waals surface area contributed by atoms with Crippen LogP contribution in [0.2, 0.25) is 0 Å². The zero-order valence-electron chi connectivity index (χ0n) is 17.5. The summed E-state index contributed by atoms with van der Waals surface area (Å²) in [5.41, 5.74) is 1.92. The van der Waals surface area contributed by atoms with Crippen molar-refractivity contribution in [3.63, 3.8) is 0 Å². The van der Waals surface area contributed by atoms with Crippen LogP contribution in [-0.2, 0) is 6.42 Å². The molecule has 158 valence electrons. The van der Waals surface area contributed by atoms with E-state index in [1.165, 1.54) is 24.4 Å². The van der Waals surface area contributed by atoms with Crippen molar-refractivity contribution in [1.29, 1.82) is 0 Å². The van der Waals surface area contributed by atoms with Crippen molar-refractivity contribution >= 4 is 16.9 Å². The second-order valence-corrected chi connectivity index (χ2v) is 5.77. The highest BCUT2D eigenvalue weighted by Gasteiger charge is 2.10. The Bertz CT molecular complexity index is 1040. The predicted octanol–water partition coefficient (Wildman–Crippen LogP) is 6.69. The number of hydrogen-bond acceptors (Lipinski definition) is 3. The zero-order chi connectivity index (χ0) is 22.5. The minimum Gasteiger partial charge on any atom is -0.507 e. The summed E-state index contributed by atoms with van der Waals surface area (Å²) in [4.78, 5) is 11.5. The molecule has 4 nitrogen and oxygen atoms in total. The number of imidazole rings is 1. The van der Waals surface area contributed by atoms with Crippen LogP contribution in [0.15, 0.2) is 74.0 Å². The van der Waals surface area contributed by atoms with Crippen LogP contribution in [-0.4, -0.2) is 20.1 Å². The molecule has 1 aromatic carbocycles. The largest absolute Gasteiger partial charge is 0.507 e. The Morgan fingerprint density at radius 1 is 1.17 bits per heavy atom. The number of benzene rings is 1. The van der Waals surface area contributed by atoms with E-state index < -0.39 is 11.6 Å². The summed E-state index contributed by atoms with van der Waals surface area (Å²) in [5, 5.41) is 10.0. The highest BCUT2D eigenvalue weighted by Crippen LogP contribution is 2.19. The lowest BCUT2D eigenvalue weighted by molar-refractivity contribution is 0.511. The highest BCUT2D eigenvalue weighted by molar-refractivity contribution is 5.75. The first-order chi connectivity index (χ1) is 14.5. The molecule has 2 heterocycles. The van der Waals surface area contributed by atoms with Crippen molar-refractivity contribution in [3.05, 3.63) is 103 Å². The third-order valence-corrected chi connectivity index (χ3v) is 3.56. The van der Waals surface area contributed by atoms with Gasteiger partial charge in [-0.2, -0.15) is 0 Å². The van der Waals surface area contributed by atoms with Gasteiger partial charge >= 0.3 is 0 Å². The minimum absolute atomic E-state index is 0.0493. The molecule has 0 fully saturated rings. The van der Waals surface area contributed by atoms with Crippen molar-refractivity contribution in [1.82, 2.24) is 15.0 Å². The van der Waals surface area contributed by atoms with Crippen LogP contribution in [0.1, 0.15) is 37.7 Å². The summed E-state index contributed by atoms with van der Waals surface area (Å²) in [6.07, 6.45) is 9.90. The number of aromatic nitrogens is 3. The molecule has 2 aromatic heterocycles. The molecule has 0 saturated carbocycles. The van der Waals surface area contributed by atoms with Gasteiger partial charge < -0.3 is 10.1 Å². The summed E-state index contributed by atoms with van der Waals surface area (Å²) in [6, 6.07) is 5.13. The summed E-state index contributed by atoms with van der Waals surface area (Å²) >= 11 is 0. The summed E-state index contributed by atoms with van der Waals surface area (Å²) in [5.74, 6) is -0.693. The maximum absolute atomic E-state index is 13.8. The SMILES string of the molecule is C=C/C=C/C=C(\O)c1cnc2nc(Cc3ccc(F)cc3F)[nH]c2c1.C=CC.CC. The summed E-state index contributed by atoms with van der Waals surface area (Å²) in [7, 11) is 0. The molecule has 3 aromatic rings. The first kappa shape index (κ1) is 24.5. The van der Waals surface area contributed by atoms with Gasteiger partial charge in [-0.05, 0) is 30.7 Å². The number of halogens is 2.